The number of aromatic nitrogens is 1. The predicted octanol–water partition coefficient (Wildman–Crippen LogP) is 3.17. The van der Waals surface area contributed by atoms with Gasteiger partial charge in [0, 0.05) is 24.5 Å². The number of hydrogen-bond donors (Lipinski definition) is 1. The van der Waals surface area contributed by atoms with Crippen molar-refractivity contribution in [2.45, 2.75) is 38.3 Å². The first kappa shape index (κ1) is 13.0. The molecule has 1 unspecified atom stereocenters. The van der Waals surface area contributed by atoms with Crippen molar-refractivity contribution in [3.05, 3.63) is 58.9 Å². The highest BCUT2D eigenvalue weighted by molar-refractivity contribution is 5.38. The highest BCUT2D eigenvalue weighted by atomic mass is 16.3. The van der Waals surface area contributed by atoms with Gasteiger partial charge in [0.05, 0.1) is 17.7 Å². The number of aliphatic hydroxyl groups excluding tert-OH is 1. The van der Waals surface area contributed by atoms with Crippen LogP contribution in [0.5, 0.6) is 0 Å². The molecular formula is C17H18N2O. The lowest BCUT2D eigenvalue weighted by Crippen LogP contribution is -2.00. The minimum atomic E-state index is -0.333. The van der Waals surface area contributed by atoms with Gasteiger partial charge in [-0.3, -0.25) is 0 Å². The number of aliphatic hydroxyl groups is 1. The van der Waals surface area contributed by atoms with Crippen molar-refractivity contribution in [3.63, 3.8) is 0 Å². The van der Waals surface area contributed by atoms with Gasteiger partial charge in [-0.05, 0) is 36.5 Å². The van der Waals surface area contributed by atoms with Crippen LogP contribution in [0.1, 0.15) is 47.6 Å². The third-order valence-electron chi connectivity index (χ3n) is 4.02. The molecule has 1 aromatic carbocycles. The Morgan fingerprint density at radius 1 is 1.25 bits per heavy atom. The standard InChI is InChI=1S/C17H18N2O/c18-9-13-5-1-2-6-14(13)10-19-11-15-7-3-4-8-17(20)16(15)12-19/h1-2,5-6,11-12,17,20H,3-4,7-8,10H2. The molecule has 1 atom stereocenters. The summed E-state index contributed by atoms with van der Waals surface area (Å²) in [6, 6.07) is 9.91. The summed E-state index contributed by atoms with van der Waals surface area (Å²) < 4.78 is 2.09. The second kappa shape index (κ2) is 5.52. The van der Waals surface area contributed by atoms with Crippen LogP contribution in [0.25, 0.3) is 0 Å². The monoisotopic (exact) mass is 266 g/mol. The number of rotatable bonds is 2. The first-order valence-corrected chi connectivity index (χ1v) is 7.12. The molecule has 0 spiro atoms. The van der Waals surface area contributed by atoms with E-state index in [2.05, 4.69) is 16.8 Å². The zero-order valence-electron chi connectivity index (χ0n) is 11.4. The maximum absolute atomic E-state index is 10.2. The fraction of sp³-hybridized carbons (Fsp3) is 0.353. The van der Waals surface area contributed by atoms with E-state index in [1.807, 2.05) is 30.5 Å². The third kappa shape index (κ3) is 2.48. The molecule has 0 fully saturated rings. The van der Waals surface area contributed by atoms with E-state index in [-0.39, 0.29) is 6.10 Å². The molecule has 0 radical (unpaired) electrons. The molecule has 1 aromatic heterocycles. The van der Waals surface area contributed by atoms with E-state index in [1.165, 1.54) is 5.56 Å². The molecule has 1 N–H and O–H groups in total. The summed E-state index contributed by atoms with van der Waals surface area (Å²) >= 11 is 0. The van der Waals surface area contributed by atoms with E-state index in [0.717, 1.165) is 42.4 Å². The lowest BCUT2D eigenvalue weighted by atomic mass is 10.1. The summed E-state index contributed by atoms with van der Waals surface area (Å²) in [5.74, 6) is 0. The fourth-order valence-electron chi connectivity index (χ4n) is 2.95. The third-order valence-corrected chi connectivity index (χ3v) is 4.02. The van der Waals surface area contributed by atoms with Gasteiger partial charge < -0.3 is 9.67 Å². The number of fused-ring (bicyclic) bond motifs is 1. The summed E-state index contributed by atoms with van der Waals surface area (Å²) in [6.45, 7) is 0.684. The van der Waals surface area contributed by atoms with Crippen LogP contribution in [0.3, 0.4) is 0 Å². The normalized spacial score (nSPS) is 18.1. The molecule has 102 valence electrons. The molecular weight excluding hydrogens is 248 g/mol. The van der Waals surface area contributed by atoms with Gasteiger partial charge in [0.25, 0.3) is 0 Å². The fourth-order valence-corrected chi connectivity index (χ4v) is 2.95. The van der Waals surface area contributed by atoms with Crippen LogP contribution in [0, 0.1) is 11.3 Å². The van der Waals surface area contributed by atoms with Crippen molar-refractivity contribution in [1.82, 2.24) is 4.57 Å². The smallest absolute Gasteiger partial charge is 0.0995 e. The summed E-state index contributed by atoms with van der Waals surface area (Å²) in [6.07, 6.45) is 7.96. The lowest BCUT2D eigenvalue weighted by Gasteiger charge is -2.07. The van der Waals surface area contributed by atoms with Crippen molar-refractivity contribution in [3.8, 4) is 6.07 Å². The van der Waals surface area contributed by atoms with E-state index in [4.69, 9.17) is 5.26 Å². The SMILES string of the molecule is N#Cc1ccccc1Cn1cc2c(c1)C(O)CCCC2. The maximum Gasteiger partial charge on any atom is 0.0995 e. The Morgan fingerprint density at radius 3 is 2.95 bits per heavy atom. The molecule has 1 heterocycles. The second-order valence-corrected chi connectivity index (χ2v) is 5.44. The quantitative estimate of drug-likeness (QED) is 0.849. The summed E-state index contributed by atoms with van der Waals surface area (Å²) in [4.78, 5) is 0. The van der Waals surface area contributed by atoms with E-state index in [0.29, 0.717) is 6.54 Å². The predicted molar refractivity (Wildman–Crippen MR) is 77.2 cm³/mol. The number of hydrogen-bond acceptors (Lipinski definition) is 2. The molecule has 3 heteroatoms. The number of nitriles is 1. The van der Waals surface area contributed by atoms with Gasteiger partial charge in [-0.1, -0.05) is 24.6 Å². The summed E-state index contributed by atoms with van der Waals surface area (Å²) in [7, 11) is 0. The Balaban J connectivity index is 1.89. The molecule has 0 saturated carbocycles. The molecule has 1 aliphatic rings. The lowest BCUT2D eigenvalue weighted by molar-refractivity contribution is 0.166. The molecule has 0 aliphatic heterocycles. The first-order valence-electron chi connectivity index (χ1n) is 7.12. The van der Waals surface area contributed by atoms with Crippen LogP contribution >= 0.6 is 0 Å². The van der Waals surface area contributed by atoms with Gasteiger partial charge in [0.1, 0.15) is 0 Å². The van der Waals surface area contributed by atoms with Gasteiger partial charge in [-0.2, -0.15) is 5.26 Å². The zero-order chi connectivity index (χ0) is 13.9. The van der Waals surface area contributed by atoms with E-state index >= 15 is 0 Å². The molecule has 0 saturated heterocycles. The first-order chi connectivity index (χ1) is 9.78. The van der Waals surface area contributed by atoms with Crippen LogP contribution in [-0.4, -0.2) is 9.67 Å². The molecule has 20 heavy (non-hydrogen) atoms. The van der Waals surface area contributed by atoms with Gasteiger partial charge in [0.15, 0.2) is 0 Å². The number of nitrogens with zero attached hydrogens (tertiary/aromatic N) is 2. The number of benzene rings is 1. The highest BCUT2D eigenvalue weighted by Crippen LogP contribution is 2.29. The van der Waals surface area contributed by atoms with Crippen LogP contribution in [0.2, 0.25) is 0 Å². The van der Waals surface area contributed by atoms with Crippen LogP contribution < -0.4 is 0 Å². The molecule has 0 bridgehead atoms. The van der Waals surface area contributed by atoms with E-state index < -0.39 is 0 Å². The Morgan fingerprint density at radius 2 is 2.10 bits per heavy atom. The maximum atomic E-state index is 10.2. The highest BCUT2D eigenvalue weighted by Gasteiger charge is 2.18. The van der Waals surface area contributed by atoms with Crippen molar-refractivity contribution >= 4 is 0 Å². The van der Waals surface area contributed by atoms with Crippen molar-refractivity contribution < 1.29 is 5.11 Å². The largest absolute Gasteiger partial charge is 0.388 e. The Hall–Kier alpha value is -2.05. The van der Waals surface area contributed by atoms with E-state index in [9.17, 15) is 5.11 Å². The van der Waals surface area contributed by atoms with Crippen molar-refractivity contribution in [1.29, 1.82) is 5.26 Å². The second-order valence-electron chi connectivity index (χ2n) is 5.44. The summed E-state index contributed by atoms with van der Waals surface area (Å²) in [5, 5.41) is 19.3. The minimum absolute atomic E-state index is 0.333. The van der Waals surface area contributed by atoms with Gasteiger partial charge in [0.2, 0.25) is 0 Å². The van der Waals surface area contributed by atoms with Crippen LogP contribution in [0.4, 0.5) is 0 Å². The number of aryl methyl sites for hydroxylation is 1. The van der Waals surface area contributed by atoms with Gasteiger partial charge >= 0.3 is 0 Å². The topological polar surface area (TPSA) is 49.0 Å². The van der Waals surface area contributed by atoms with Crippen molar-refractivity contribution in [2.24, 2.45) is 0 Å². The molecule has 3 rings (SSSR count). The summed E-state index contributed by atoms with van der Waals surface area (Å²) in [5.41, 5.74) is 4.06. The average Bonchev–Trinajstić information content (AvgIpc) is 2.79. The van der Waals surface area contributed by atoms with Gasteiger partial charge in [-0.15, -0.1) is 0 Å². The Bertz CT molecular complexity index is 651. The van der Waals surface area contributed by atoms with Gasteiger partial charge in [-0.25, -0.2) is 0 Å². The Kier molecular flexibility index (Phi) is 3.58. The van der Waals surface area contributed by atoms with Crippen molar-refractivity contribution in [2.75, 3.05) is 0 Å². The molecule has 1 aliphatic carbocycles. The Labute approximate surface area is 119 Å². The molecule has 3 nitrogen and oxygen atoms in total. The minimum Gasteiger partial charge on any atom is -0.388 e. The van der Waals surface area contributed by atoms with Crippen LogP contribution in [0.15, 0.2) is 36.7 Å². The van der Waals surface area contributed by atoms with E-state index in [1.54, 1.807) is 0 Å². The zero-order valence-corrected chi connectivity index (χ0v) is 11.4. The average molecular weight is 266 g/mol. The molecule has 0 amide bonds. The molecule has 2 aromatic rings. The van der Waals surface area contributed by atoms with Crippen LogP contribution in [-0.2, 0) is 13.0 Å².